The van der Waals surface area contributed by atoms with Gasteiger partial charge in [0.25, 0.3) is 0 Å². The highest BCUT2D eigenvalue weighted by Crippen LogP contribution is 2.35. The lowest BCUT2D eigenvalue weighted by molar-refractivity contribution is -0.116. The zero-order chi connectivity index (χ0) is 8.48. The van der Waals surface area contributed by atoms with E-state index in [4.69, 9.17) is 11.6 Å². The third-order valence-electron chi connectivity index (χ3n) is 2.35. The SMILES string of the molecule is CC1(F)CCC(C(=O)Cl)CC1. The van der Waals surface area contributed by atoms with E-state index in [1.54, 1.807) is 6.92 Å². The summed E-state index contributed by atoms with van der Waals surface area (Å²) in [4.78, 5) is 10.7. The van der Waals surface area contributed by atoms with Crippen molar-refractivity contribution in [2.75, 3.05) is 0 Å². The Morgan fingerprint density at radius 3 is 2.36 bits per heavy atom. The van der Waals surface area contributed by atoms with Gasteiger partial charge in [-0.3, -0.25) is 4.79 Å². The molecule has 1 rings (SSSR count). The van der Waals surface area contributed by atoms with Crippen LogP contribution in [0.1, 0.15) is 32.6 Å². The molecule has 0 radical (unpaired) electrons. The minimum absolute atomic E-state index is 0.0968. The Morgan fingerprint density at radius 2 is 2.00 bits per heavy atom. The highest BCUT2D eigenvalue weighted by Gasteiger charge is 2.32. The third-order valence-corrected chi connectivity index (χ3v) is 2.66. The molecule has 0 atom stereocenters. The predicted octanol–water partition coefficient (Wildman–Crippen LogP) is 2.67. The monoisotopic (exact) mass is 178 g/mol. The molecule has 1 saturated carbocycles. The smallest absolute Gasteiger partial charge is 0.224 e. The van der Waals surface area contributed by atoms with Crippen molar-refractivity contribution in [1.82, 2.24) is 0 Å². The molecule has 0 bridgehead atoms. The number of carbonyl (C=O) groups excluding carboxylic acids is 1. The number of rotatable bonds is 1. The van der Waals surface area contributed by atoms with Crippen LogP contribution in [0.5, 0.6) is 0 Å². The molecule has 11 heavy (non-hydrogen) atoms. The highest BCUT2D eigenvalue weighted by atomic mass is 35.5. The third kappa shape index (κ3) is 2.44. The first kappa shape index (κ1) is 8.98. The van der Waals surface area contributed by atoms with E-state index in [0.29, 0.717) is 25.7 Å². The second-order valence-corrected chi connectivity index (χ2v) is 3.86. The maximum Gasteiger partial charge on any atom is 0.224 e. The fraction of sp³-hybridized carbons (Fsp3) is 0.875. The summed E-state index contributed by atoms with van der Waals surface area (Å²) in [7, 11) is 0. The van der Waals surface area contributed by atoms with Gasteiger partial charge in [0.15, 0.2) is 0 Å². The van der Waals surface area contributed by atoms with Crippen LogP contribution in [-0.4, -0.2) is 10.9 Å². The molecular formula is C8H12ClFO. The molecule has 0 saturated heterocycles. The Labute approximate surface area is 70.9 Å². The van der Waals surface area contributed by atoms with Crippen LogP contribution in [0.25, 0.3) is 0 Å². The molecule has 0 aromatic carbocycles. The van der Waals surface area contributed by atoms with Crippen LogP contribution in [-0.2, 0) is 4.79 Å². The summed E-state index contributed by atoms with van der Waals surface area (Å²) in [6.45, 7) is 1.59. The maximum atomic E-state index is 13.2. The summed E-state index contributed by atoms with van der Waals surface area (Å²) < 4.78 is 13.2. The molecule has 0 aliphatic heterocycles. The molecule has 0 unspecified atom stereocenters. The van der Waals surface area contributed by atoms with E-state index in [9.17, 15) is 9.18 Å². The predicted molar refractivity (Wildman–Crippen MR) is 42.3 cm³/mol. The van der Waals surface area contributed by atoms with Crippen molar-refractivity contribution in [3.05, 3.63) is 0 Å². The van der Waals surface area contributed by atoms with Crippen LogP contribution in [0, 0.1) is 5.92 Å². The molecule has 1 aliphatic carbocycles. The first-order valence-electron chi connectivity index (χ1n) is 3.89. The molecule has 0 aromatic rings. The fourth-order valence-corrected chi connectivity index (χ4v) is 1.66. The zero-order valence-electron chi connectivity index (χ0n) is 6.57. The zero-order valence-corrected chi connectivity index (χ0v) is 7.33. The van der Waals surface area contributed by atoms with E-state index in [2.05, 4.69) is 0 Å². The lowest BCUT2D eigenvalue weighted by Crippen LogP contribution is -2.28. The van der Waals surface area contributed by atoms with Gasteiger partial charge in [-0.05, 0) is 44.2 Å². The number of carbonyl (C=O) groups is 1. The topological polar surface area (TPSA) is 17.1 Å². The quantitative estimate of drug-likeness (QED) is 0.565. The largest absolute Gasteiger partial charge is 0.281 e. The molecule has 0 N–H and O–H groups in total. The average Bonchev–Trinajstić information content (AvgIpc) is 1.86. The van der Waals surface area contributed by atoms with Crippen LogP contribution < -0.4 is 0 Å². The van der Waals surface area contributed by atoms with Gasteiger partial charge in [0.1, 0.15) is 5.67 Å². The van der Waals surface area contributed by atoms with Gasteiger partial charge in [0, 0.05) is 5.92 Å². The fourth-order valence-electron chi connectivity index (χ4n) is 1.45. The van der Waals surface area contributed by atoms with Gasteiger partial charge >= 0.3 is 0 Å². The molecule has 1 nitrogen and oxygen atoms in total. The van der Waals surface area contributed by atoms with Gasteiger partial charge in [0.05, 0.1) is 0 Å². The number of halogens is 2. The Morgan fingerprint density at radius 1 is 1.55 bits per heavy atom. The molecule has 0 amide bonds. The van der Waals surface area contributed by atoms with Crippen molar-refractivity contribution in [1.29, 1.82) is 0 Å². The van der Waals surface area contributed by atoms with Crippen LogP contribution >= 0.6 is 11.6 Å². The van der Waals surface area contributed by atoms with Gasteiger partial charge < -0.3 is 0 Å². The van der Waals surface area contributed by atoms with Crippen molar-refractivity contribution in [3.8, 4) is 0 Å². The van der Waals surface area contributed by atoms with E-state index >= 15 is 0 Å². The molecule has 1 fully saturated rings. The Hall–Kier alpha value is -0.110. The molecule has 0 spiro atoms. The molecule has 64 valence electrons. The average molecular weight is 179 g/mol. The van der Waals surface area contributed by atoms with E-state index in [-0.39, 0.29) is 11.2 Å². The van der Waals surface area contributed by atoms with Gasteiger partial charge in [-0.15, -0.1) is 0 Å². The van der Waals surface area contributed by atoms with Crippen LogP contribution in [0.2, 0.25) is 0 Å². The molecule has 0 aromatic heterocycles. The Kier molecular flexibility index (Phi) is 2.53. The Balaban J connectivity index is 2.42. The van der Waals surface area contributed by atoms with Crippen LogP contribution in [0.4, 0.5) is 4.39 Å². The maximum absolute atomic E-state index is 13.2. The van der Waals surface area contributed by atoms with E-state index < -0.39 is 5.67 Å². The summed E-state index contributed by atoms with van der Waals surface area (Å²) in [5.74, 6) is -0.0968. The second kappa shape index (κ2) is 3.10. The van der Waals surface area contributed by atoms with Crippen molar-refractivity contribution in [2.24, 2.45) is 5.92 Å². The summed E-state index contributed by atoms with van der Waals surface area (Å²) >= 11 is 5.29. The number of hydrogen-bond acceptors (Lipinski definition) is 1. The standard InChI is InChI=1S/C8H12ClFO/c1-8(10)4-2-6(3-5-8)7(9)11/h6H,2-5H2,1H3. The Bertz CT molecular complexity index is 157. The van der Waals surface area contributed by atoms with Crippen LogP contribution in [0.15, 0.2) is 0 Å². The molecule has 0 heterocycles. The summed E-state index contributed by atoms with van der Waals surface area (Å²) in [5.41, 5.74) is -1.07. The van der Waals surface area contributed by atoms with Crippen molar-refractivity contribution >= 4 is 16.8 Å². The van der Waals surface area contributed by atoms with E-state index in [1.807, 2.05) is 0 Å². The van der Waals surface area contributed by atoms with Crippen molar-refractivity contribution in [2.45, 2.75) is 38.3 Å². The molecular weight excluding hydrogens is 167 g/mol. The highest BCUT2D eigenvalue weighted by molar-refractivity contribution is 6.63. The second-order valence-electron chi connectivity index (χ2n) is 3.49. The van der Waals surface area contributed by atoms with Crippen molar-refractivity contribution in [3.63, 3.8) is 0 Å². The summed E-state index contributed by atoms with van der Waals surface area (Å²) in [5, 5.41) is -0.305. The molecule has 1 aliphatic rings. The first-order chi connectivity index (χ1) is 5.01. The first-order valence-corrected chi connectivity index (χ1v) is 4.27. The molecule has 3 heteroatoms. The van der Waals surface area contributed by atoms with E-state index in [0.717, 1.165) is 0 Å². The summed E-state index contributed by atoms with van der Waals surface area (Å²) in [6.07, 6.45) is 2.15. The van der Waals surface area contributed by atoms with Gasteiger partial charge in [-0.1, -0.05) is 0 Å². The van der Waals surface area contributed by atoms with Crippen molar-refractivity contribution < 1.29 is 9.18 Å². The van der Waals surface area contributed by atoms with Gasteiger partial charge in [-0.25, -0.2) is 4.39 Å². The lowest BCUT2D eigenvalue weighted by Gasteiger charge is -2.28. The normalized spacial score (nSPS) is 38.6. The number of hydrogen-bond donors (Lipinski definition) is 0. The van der Waals surface area contributed by atoms with Gasteiger partial charge in [0.2, 0.25) is 5.24 Å². The van der Waals surface area contributed by atoms with Crippen LogP contribution in [0.3, 0.4) is 0 Å². The lowest BCUT2D eigenvalue weighted by atomic mass is 9.82. The minimum atomic E-state index is -1.07. The summed E-state index contributed by atoms with van der Waals surface area (Å²) in [6, 6.07) is 0. The van der Waals surface area contributed by atoms with Gasteiger partial charge in [-0.2, -0.15) is 0 Å². The van der Waals surface area contributed by atoms with E-state index in [1.165, 1.54) is 0 Å². The number of alkyl halides is 1. The minimum Gasteiger partial charge on any atom is -0.281 e.